The van der Waals surface area contributed by atoms with Crippen molar-refractivity contribution >= 4 is 11.8 Å². The summed E-state index contributed by atoms with van der Waals surface area (Å²) in [6, 6.07) is 13.5. The molecule has 0 saturated heterocycles. The lowest BCUT2D eigenvalue weighted by Gasteiger charge is -2.25. The van der Waals surface area contributed by atoms with E-state index in [4.69, 9.17) is 0 Å². The van der Waals surface area contributed by atoms with Crippen LogP contribution in [-0.4, -0.2) is 41.4 Å². The summed E-state index contributed by atoms with van der Waals surface area (Å²) in [6.07, 6.45) is -4.07. The number of nitrogens with zero attached hydrogens (tertiary/aromatic N) is 4. The van der Waals surface area contributed by atoms with E-state index in [1.165, 1.54) is 33.8 Å². The molecule has 3 rings (SSSR count). The van der Waals surface area contributed by atoms with Crippen molar-refractivity contribution < 1.29 is 22.4 Å². The second-order valence-corrected chi connectivity index (χ2v) is 8.00. The van der Waals surface area contributed by atoms with Crippen LogP contribution < -0.4 is 10.2 Å². The van der Waals surface area contributed by atoms with E-state index in [0.717, 1.165) is 0 Å². The molecule has 1 N–H and O–H groups in total. The average Bonchev–Trinajstić information content (AvgIpc) is 3.19. The van der Waals surface area contributed by atoms with E-state index < -0.39 is 23.7 Å². The summed E-state index contributed by atoms with van der Waals surface area (Å²) < 4.78 is 56.9. The fraction of sp³-hybridized carbons (Fsp3) is 0.333. The van der Waals surface area contributed by atoms with Crippen molar-refractivity contribution in [2.75, 3.05) is 25.5 Å². The number of urea groups is 1. The van der Waals surface area contributed by atoms with Crippen LogP contribution >= 0.6 is 0 Å². The number of carbonyl (C=O) groups is 1. The summed E-state index contributed by atoms with van der Waals surface area (Å²) in [6.45, 7) is 1.90. The van der Waals surface area contributed by atoms with Crippen molar-refractivity contribution in [1.29, 1.82) is 0 Å². The van der Waals surface area contributed by atoms with E-state index in [-0.39, 0.29) is 24.5 Å². The Labute approximate surface area is 195 Å². The van der Waals surface area contributed by atoms with Gasteiger partial charge < -0.3 is 15.1 Å². The number of para-hydroxylation sites is 1. The van der Waals surface area contributed by atoms with Gasteiger partial charge in [-0.25, -0.2) is 13.9 Å². The number of aromatic nitrogens is 2. The highest BCUT2D eigenvalue weighted by Crippen LogP contribution is 2.37. The van der Waals surface area contributed by atoms with E-state index in [0.29, 0.717) is 24.2 Å². The number of rotatable bonds is 8. The number of halogens is 4. The summed E-state index contributed by atoms with van der Waals surface area (Å²) in [7, 11) is 3.25. The van der Waals surface area contributed by atoms with Crippen molar-refractivity contribution in [3.05, 3.63) is 77.2 Å². The Morgan fingerprint density at radius 2 is 1.68 bits per heavy atom. The fourth-order valence-electron chi connectivity index (χ4n) is 3.57. The van der Waals surface area contributed by atoms with Crippen LogP contribution in [0.4, 0.5) is 28.2 Å². The topological polar surface area (TPSA) is 53.4 Å². The largest absolute Gasteiger partial charge is 0.435 e. The summed E-state index contributed by atoms with van der Waals surface area (Å²) in [5, 5.41) is 6.63. The SMILES string of the molecule is CCCNC(=O)N(Cc1ccc(F)cc1)Cc1c(C(F)(F)F)nn(-c2ccccc2)c1N(C)C. The van der Waals surface area contributed by atoms with Crippen LogP contribution in [0.1, 0.15) is 30.2 Å². The van der Waals surface area contributed by atoms with Gasteiger partial charge in [0, 0.05) is 32.7 Å². The van der Waals surface area contributed by atoms with Gasteiger partial charge in [-0.05, 0) is 36.2 Å². The molecule has 10 heteroatoms. The van der Waals surface area contributed by atoms with Crippen LogP contribution in [0.15, 0.2) is 54.6 Å². The van der Waals surface area contributed by atoms with Crippen molar-refractivity contribution in [3.63, 3.8) is 0 Å². The van der Waals surface area contributed by atoms with E-state index in [9.17, 15) is 22.4 Å². The number of benzene rings is 2. The number of hydrogen-bond acceptors (Lipinski definition) is 3. The summed E-state index contributed by atoms with van der Waals surface area (Å²) in [4.78, 5) is 15.7. The Balaban J connectivity index is 2.10. The van der Waals surface area contributed by atoms with Gasteiger partial charge in [-0.2, -0.15) is 18.3 Å². The summed E-state index contributed by atoms with van der Waals surface area (Å²) in [5.74, 6) is -0.227. The van der Waals surface area contributed by atoms with Crippen LogP contribution in [0.25, 0.3) is 5.69 Å². The molecule has 0 unspecified atom stereocenters. The van der Waals surface area contributed by atoms with Crippen molar-refractivity contribution in [3.8, 4) is 5.69 Å². The van der Waals surface area contributed by atoms with Gasteiger partial charge in [-0.15, -0.1) is 0 Å². The standard InChI is InChI=1S/C24H27F4N5O/c1-4-14-29-23(34)32(15-17-10-12-18(25)13-11-17)16-20-21(24(26,27)28)30-33(22(20)31(2)3)19-8-6-5-7-9-19/h5-13H,4,14-16H2,1-3H3,(H,29,34). The highest BCUT2D eigenvalue weighted by Gasteiger charge is 2.40. The maximum absolute atomic E-state index is 14.1. The van der Waals surface area contributed by atoms with E-state index in [1.54, 1.807) is 49.3 Å². The Morgan fingerprint density at radius 3 is 2.24 bits per heavy atom. The first-order valence-corrected chi connectivity index (χ1v) is 10.8. The van der Waals surface area contributed by atoms with Gasteiger partial charge in [-0.3, -0.25) is 0 Å². The van der Waals surface area contributed by atoms with Gasteiger partial charge >= 0.3 is 12.2 Å². The lowest BCUT2D eigenvalue weighted by Crippen LogP contribution is -2.40. The average molecular weight is 478 g/mol. The Morgan fingerprint density at radius 1 is 1.03 bits per heavy atom. The number of alkyl halides is 3. The maximum Gasteiger partial charge on any atom is 0.435 e. The highest BCUT2D eigenvalue weighted by atomic mass is 19.4. The fourth-order valence-corrected chi connectivity index (χ4v) is 3.57. The molecule has 1 aromatic heterocycles. The predicted octanol–water partition coefficient (Wildman–Crippen LogP) is 5.22. The molecule has 0 bridgehead atoms. The Hall–Kier alpha value is -3.56. The first kappa shape index (κ1) is 25.1. The third-order valence-corrected chi connectivity index (χ3v) is 5.10. The maximum atomic E-state index is 14.1. The molecular formula is C24H27F4N5O. The zero-order valence-electron chi connectivity index (χ0n) is 19.2. The number of anilines is 1. The normalized spacial score (nSPS) is 11.4. The molecule has 0 aliphatic rings. The molecule has 34 heavy (non-hydrogen) atoms. The lowest BCUT2D eigenvalue weighted by atomic mass is 10.1. The van der Waals surface area contributed by atoms with E-state index in [1.807, 2.05) is 6.92 Å². The van der Waals surface area contributed by atoms with E-state index in [2.05, 4.69) is 10.4 Å². The summed E-state index contributed by atoms with van der Waals surface area (Å²) in [5.41, 5.74) is -0.144. The zero-order chi connectivity index (χ0) is 24.9. The molecule has 2 amide bonds. The molecule has 2 aromatic carbocycles. The minimum atomic E-state index is -4.73. The smallest absolute Gasteiger partial charge is 0.362 e. The zero-order valence-corrected chi connectivity index (χ0v) is 19.2. The van der Waals surface area contributed by atoms with Crippen LogP contribution in [0, 0.1) is 5.82 Å². The number of amides is 2. The van der Waals surface area contributed by atoms with Crippen LogP contribution in [-0.2, 0) is 19.3 Å². The minimum Gasteiger partial charge on any atom is -0.362 e. The molecule has 0 aliphatic carbocycles. The second kappa shape index (κ2) is 10.6. The Kier molecular flexibility index (Phi) is 7.80. The van der Waals surface area contributed by atoms with Gasteiger partial charge in [0.15, 0.2) is 5.69 Å². The van der Waals surface area contributed by atoms with Crippen molar-refractivity contribution in [2.24, 2.45) is 0 Å². The number of hydrogen-bond donors (Lipinski definition) is 1. The third-order valence-electron chi connectivity index (χ3n) is 5.10. The lowest BCUT2D eigenvalue weighted by molar-refractivity contribution is -0.142. The van der Waals surface area contributed by atoms with E-state index >= 15 is 0 Å². The van der Waals surface area contributed by atoms with Crippen LogP contribution in [0.2, 0.25) is 0 Å². The predicted molar refractivity (Wildman–Crippen MR) is 122 cm³/mol. The second-order valence-electron chi connectivity index (χ2n) is 8.00. The summed E-state index contributed by atoms with van der Waals surface area (Å²) >= 11 is 0. The molecule has 6 nitrogen and oxygen atoms in total. The van der Waals surface area contributed by atoms with Crippen molar-refractivity contribution in [1.82, 2.24) is 20.0 Å². The first-order valence-electron chi connectivity index (χ1n) is 10.8. The van der Waals surface area contributed by atoms with Gasteiger partial charge in [0.25, 0.3) is 0 Å². The van der Waals surface area contributed by atoms with Crippen LogP contribution in [0.3, 0.4) is 0 Å². The van der Waals surface area contributed by atoms with Crippen LogP contribution in [0.5, 0.6) is 0 Å². The number of carbonyl (C=O) groups excluding carboxylic acids is 1. The molecular weight excluding hydrogens is 450 g/mol. The molecule has 0 radical (unpaired) electrons. The number of nitrogens with one attached hydrogen (secondary N) is 1. The Bertz CT molecular complexity index is 1100. The molecule has 0 spiro atoms. The van der Waals surface area contributed by atoms with Gasteiger partial charge in [0.2, 0.25) is 0 Å². The molecule has 0 aliphatic heterocycles. The van der Waals surface area contributed by atoms with Gasteiger partial charge in [-0.1, -0.05) is 37.3 Å². The molecule has 0 fully saturated rings. The quantitative estimate of drug-likeness (QED) is 0.453. The third kappa shape index (κ3) is 5.86. The molecule has 1 heterocycles. The molecule has 0 saturated carbocycles. The molecule has 3 aromatic rings. The monoisotopic (exact) mass is 477 g/mol. The molecule has 0 atom stereocenters. The van der Waals surface area contributed by atoms with Gasteiger partial charge in [0.05, 0.1) is 12.2 Å². The van der Waals surface area contributed by atoms with Gasteiger partial charge in [0.1, 0.15) is 11.6 Å². The van der Waals surface area contributed by atoms with Crippen molar-refractivity contribution in [2.45, 2.75) is 32.6 Å². The first-order chi connectivity index (χ1) is 16.1. The minimum absolute atomic E-state index is 0.00346. The highest BCUT2D eigenvalue weighted by molar-refractivity contribution is 5.74. The molecule has 182 valence electrons.